The predicted molar refractivity (Wildman–Crippen MR) is 117 cm³/mol. The number of hydrogen-bond donors (Lipinski definition) is 0. The van der Waals surface area contributed by atoms with E-state index >= 15 is 0 Å². The monoisotopic (exact) mass is 395 g/mol. The summed E-state index contributed by atoms with van der Waals surface area (Å²) in [6.45, 7) is 6.89. The minimum atomic E-state index is -0.0598. The number of terminal acetylenes is 1. The summed E-state index contributed by atoms with van der Waals surface area (Å²) in [4.78, 5) is 14.2. The lowest BCUT2D eigenvalue weighted by Crippen LogP contribution is -2.37. The van der Waals surface area contributed by atoms with Crippen molar-refractivity contribution >= 4 is 12.0 Å². The number of hydrogen-bond acceptors (Lipinski definition) is 4. The van der Waals surface area contributed by atoms with Crippen molar-refractivity contribution in [1.29, 1.82) is 0 Å². The van der Waals surface area contributed by atoms with E-state index in [9.17, 15) is 4.79 Å². The Morgan fingerprint density at radius 3 is 2.59 bits per heavy atom. The van der Waals surface area contributed by atoms with E-state index in [1.165, 1.54) is 18.4 Å². The molecule has 0 atom stereocenters. The molecule has 1 aromatic carbocycles. The molecule has 0 bridgehead atoms. The molecule has 0 spiro atoms. The topological polar surface area (TPSA) is 38.8 Å². The average molecular weight is 396 g/mol. The maximum absolute atomic E-state index is 11.9. The average Bonchev–Trinajstić information content (AvgIpc) is 3.23. The molecule has 0 unspecified atom stereocenters. The van der Waals surface area contributed by atoms with Crippen LogP contribution in [0.1, 0.15) is 56.6 Å². The van der Waals surface area contributed by atoms with Crippen molar-refractivity contribution in [3.8, 4) is 18.1 Å². The van der Waals surface area contributed by atoms with E-state index in [0.717, 1.165) is 62.2 Å². The zero-order valence-corrected chi connectivity index (χ0v) is 17.8. The van der Waals surface area contributed by atoms with Crippen molar-refractivity contribution in [3.05, 3.63) is 34.9 Å². The van der Waals surface area contributed by atoms with Crippen LogP contribution in [0.2, 0.25) is 0 Å². The highest BCUT2D eigenvalue weighted by atomic mass is 16.5. The van der Waals surface area contributed by atoms with Gasteiger partial charge in [-0.1, -0.05) is 12.0 Å². The van der Waals surface area contributed by atoms with Gasteiger partial charge in [0.1, 0.15) is 5.75 Å². The minimum Gasteiger partial charge on any atom is -0.490 e. The lowest BCUT2D eigenvalue weighted by atomic mass is 9.96. The predicted octanol–water partition coefficient (Wildman–Crippen LogP) is 4.61. The second-order valence-corrected chi connectivity index (χ2v) is 8.16. The highest BCUT2D eigenvalue weighted by molar-refractivity contribution is 5.72. The smallest absolute Gasteiger partial charge is 0.309 e. The van der Waals surface area contributed by atoms with E-state index < -0.39 is 0 Å². The lowest BCUT2D eigenvalue weighted by molar-refractivity contribution is -0.149. The number of rotatable bonds is 7. The number of ether oxygens (including phenoxy) is 2. The standard InChI is InChI=1S/C25H33NO3/c1-4-20(18-26-14-12-21(13-15-26)25(27)28-5-2)17-22-10-11-24(16-19(22)3)29-23-8-6-7-9-23/h1,10-11,16-17,21,23H,5-9,12-15,18H2,2-3H3/b20-17+. The van der Waals surface area contributed by atoms with Gasteiger partial charge in [-0.15, -0.1) is 6.42 Å². The van der Waals surface area contributed by atoms with Crippen LogP contribution in [0.5, 0.6) is 5.75 Å². The van der Waals surface area contributed by atoms with Crippen LogP contribution in [0, 0.1) is 25.2 Å². The molecule has 0 amide bonds. The summed E-state index contributed by atoms with van der Waals surface area (Å²) in [5.41, 5.74) is 3.28. The van der Waals surface area contributed by atoms with Crippen molar-refractivity contribution in [2.24, 2.45) is 5.92 Å². The molecular formula is C25H33NO3. The van der Waals surface area contributed by atoms with E-state index in [0.29, 0.717) is 12.7 Å². The summed E-state index contributed by atoms with van der Waals surface area (Å²) in [6.07, 6.45) is 14.8. The van der Waals surface area contributed by atoms with Gasteiger partial charge in [-0.2, -0.15) is 0 Å². The first-order valence-electron chi connectivity index (χ1n) is 10.9. The summed E-state index contributed by atoms with van der Waals surface area (Å²) in [5, 5.41) is 0. The highest BCUT2D eigenvalue weighted by Crippen LogP contribution is 2.26. The summed E-state index contributed by atoms with van der Waals surface area (Å²) in [6, 6.07) is 6.27. The molecule has 1 saturated carbocycles. The third-order valence-electron chi connectivity index (χ3n) is 5.96. The number of benzene rings is 1. The molecule has 4 heteroatoms. The van der Waals surface area contributed by atoms with Crippen LogP contribution in [0.15, 0.2) is 23.8 Å². The Kier molecular flexibility index (Phi) is 7.77. The van der Waals surface area contributed by atoms with Crippen molar-refractivity contribution in [3.63, 3.8) is 0 Å². The fourth-order valence-corrected chi connectivity index (χ4v) is 4.23. The molecule has 29 heavy (non-hydrogen) atoms. The van der Waals surface area contributed by atoms with Gasteiger partial charge in [0.25, 0.3) is 0 Å². The molecule has 0 radical (unpaired) electrons. The second-order valence-electron chi connectivity index (χ2n) is 8.16. The van der Waals surface area contributed by atoms with Crippen molar-refractivity contribution in [1.82, 2.24) is 4.90 Å². The molecule has 2 fully saturated rings. The Balaban J connectivity index is 1.57. The van der Waals surface area contributed by atoms with Gasteiger partial charge in [0.15, 0.2) is 0 Å². The quantitative estimate of drug-likeness (QED) is 0.499. The van der Waals surface area contributed by atoms with E-state index in [4.69, 9.17) is 15.9 Å². The van der Waals surface area contributed by atoms with E-state index in [-0.39, 0.29) is 11.9 Å². The molecule has 156 valence electrons. The fourth-order valence-electron chi connectivity index (χ4n) is 4.23. The van der Waals surface area contributed by atoms with Gasteiger partial charge < -0.3 is 9.47 Å². The van der Waals surface area contributed by atoms with Crippen LogP contribution in [-0.4, -0.2) is 43.2 Å². The van der Waals surface area contributed by atoms with Crippen LogP contribution >= 0.6 is 0 Å². The fraction of sp³-hybridized carbons (Fsp3) is 0.560. The third-order valence-corrected chi connectivity index (χ3v) is 5.96. The minimum absolute atomic E-state index is 0.0270. The summed E-state index contributed by atoms with van der Waals surface area (Å²) in [7, 11) is 0. The van der Waals surface area contributed by atoms with Gasteiger partial charge in [0, 0.05) is 12.1 Å². The first-order valence-corrected chi connectivity index (χ1v) is 10.9. The Bertz CT molecular complexity index is 763. The molecule has 0 N–H and O–H groups in total. The maximum Gasteiger partial charge on any atom is 0.309 e. The van der Waals surface area contributed by atoms with Crippen LogP contribution in [0.3, 0.4) is 0 Å². The number of esters is 1. The Morgan fingerprint density at radius 1 is 1.24 bits per heavy atom. The van der Waals surface area contributed by atoms with E-state index in [1.54, 1.807) is 0 Å². The zero-order chi connectivity index (χ0) is 20.6. The highest BCUT2D eigenvalue weighted by Gasteiger charge is 2.26. The van der Waals surface area contributed by atoms with Gasteiger partial charge in [-0.05, 0) is 94.8 Å². The molecule has 2 aliphatic rings. The lowest BCUT2D eigenvalue weighted by Gasteiger charge is -2.30. The summed E-state index contributed by atoms with van der Waals surface area (Å²) < 4.78 is 11.3. The van der Waals surface area contributed by atoms with Crippen LogP contribution in [-0.2, 0) is 9.53 Å². The summed E-state index contributed by atoms with van der Waals surface area (Å²) >= 11 is 0. The van der Waals surface area contributed by atoms with Gasteiger partial charge in [0.2, 0.25) is 0 Å². The summed E-state index contributed by atoms with van der Waals surface area (Å²) in [5.74, 6) is 3.77. The van der Waals surface area contributed by atoms with Crippen LogP contribution < -0.4 is 4.74 Å². The largest absolute Gasteiger partial charge is 0.490 e. The van der Waals surface area contributed by atoms with Gasteiger partial charge in [-0.3, -0.25) is 9.69 Å². The van der Waals surface area contributed by atoms with Crippen LogP contribution in [0.4, 0.5) is 0 Å². The molecule has 1 aliphatic carbocycles. The van der Waals surface area contributed by atoms with Gasteiger partial charge >= 0.3 is 5.97 Å². The molecule has 3 rings (SSSR count). The van der Waals surface area contributed by atoms with Gasteiger partial charge in [-0.25, -0.2) is 0 Å². The molecular weight excluding hydrogens is 362 g/mol. The first kappa shape index (κ1) is 21.5. The maximum atomic E-state index is 11.9. The number of aryl methyl sites for hydroxylation is 1. The molecule has 0 aromatic heterocycles. The number of carbonyl (C=O) groups is 1. The molecule has 1 heterocycles. The SMILES string of the molecule is C#C/C(=C\c1ccc(OC2CCCC2)cc1C)CN1CCC(C(=O)OCC)CC1. The normalized spacial score (nSPS) is 19.1. The second kappa shape index (κ2) is 10.5. The van der Waals surface area contributed by atoms with Crippen molar-refractivity contribution in [2.45, 2.75) is 58.5 Å². The van der Waals surface area contributed by atoms with Crippen LogP contribution in [0.25, 0.3) is 6.08 Å². The molecule has 1 aromatic rings. The number of carbonyl (C=O) groups excluding carboxylic acids is 1. The Labute approximate surface area is 175 Å². The number of likely N-dealkylation sites (tertiary alicyclic amines) is 1. The molecule has 4 nitrogen and oxygen atoms in total. The number of nitrogens with zero attached hydrogens (tertiary/aromatic N) is 1. The zero-order valence-electron chi connectivity index (χ0n) is 17.8. The van der Waals surface area contributed by atoms with Crippen molar-refractivity contribution < 1.29 is 14.3 Å². The Hall–Kier alpha value is -2.25. The van der Waals surface area contributed by atoms with E-state index in [2.05, 4.69) is 42.0 Å². The molecule has 1 aliphatic heterocycles. The molecule has 1 saturated heterocycles. The first-order chi connectivity index (χ1) is 14.1. The van der Waals surface area contributed by atoms with Gasteiger partial charge in [0.05, 0.1) is 18.6 Å². The third kappa shape index (κ3) is 6.11. The number of piperidine rings is 1. The van der Waals surface area contributed by atoms with Crippen molar-refractivity contribution in [2.75, 3.05) is 26.2 Å². The van der Waals surface area contributed by atoms with E-state index in [1.807, 2.05) is 6.92 Å². The Morgan fingerprint density at radius 2 is 1.97 bits per heavy atom.